The molecule has 0 amide bonds. The molecule has 1 unspecified atom stereocenters. The Morgan fingerprint density at radius 2 is 1.65 bits per heavy atom. The molecule has 2 aromatic rings. The molecule has 106 valence electrons. The Morgan fingerprint density at radius 3 is 2.25 bits per heavy atom. The summed E-state index contributed by atoms with van der Waals surface area (Å²) in [5.41, 5.74) is 5.85. The molecule has 0 aromatic heterocycles. The van der Waals surface area contributed by atoms with Gasteiger partial charge in [0.1, 0.15) is 5.82 Å². The molecule has 0 aliphatic carbocycles. The van der Waals surface area contributed by atoms with E-state index in [1.165, 1.54) is 22.8 Å². The predicted octanol–water partition coefficient (Wildman–Crippen LogP) is 4.45. The Morgan fingerprint density at radius 1 is 1.00 bits per heavy atom. The molecule has 2 heteroatoms. The second-order valence-corrected chi connectivity index (χ2v) is 5.30. The van der Waals surface area contributed by atoms with Crippen molar-refractivity contribution >= 4 is 0 Å². The van der Waals surface area contributed by atoms with Crippen LogP contribution in [0.15, 0.2) is 36.4 Å². The molecule has 0 fully saturated rings. The molecule has 1 N–H and O–H groups in total. The zero-order valence-electron chi connectivity index (χ0n) is 12.6. The molecule has 20 heavy (non-hydrogen) atoms. The molecule has 0 saturated heterocycles. The van der Waals surface area contributed by atoms with Crippen molar-refractivity contribution in [2.45, 2.75) is 33.7 Å². The van der Waals surface area contributed by atoms with E-state index in [1.54, 1.807) is 6.07 Å². The fourth-order valence-electron chi connectivity index (χ4n) is 2.78. The first-order chi connectivity index (χ1) is 9.54. The van der Waals surface area contributed by atoms with Gasteiger partial charge in [0.15, 0.2) is 0 Å². The van der Waals surface area contributed by atoms with Crippen molar-refractivity contribution < 1.29 is 4.39 Å². The van der Waals surface area contributed by atoms with Gasteiger partial charge in [-0.1, -0.05) is 31.2 Å². The second-order valence-electron chi connectivity index (χ2n) is 5.30. The first kappa shape index (κ1) is 14.7. The standard InChI is InChI=1S/C18H22FN/c1-5-20-18(16-11-15(19)10-9-12(16)2)17-13(3)7-6-8-14(17)4/h6-11,18,20H,5H2,1-4H3. The highest BCUT2D eigenvalue weighted by Gasteiger charge is 2.19. The summed E-state index contributed by atoms with van der Waals surface area (Å²) in [6.07, 6.45) is 0. The van der Waals surface area contributed by atoms with Crippen LogP contribution in [-0.2, 0) is 0 Å². The van der Waals surface area contributed by atoms with Crippen LogP contribution in [0.4, 0.5) is 4.39 Å². The Kier molecular flexibility index (Phi) is 4.56. The summed E-state index contributed by atoms with van der Waals surface area (Å²) in [5.74, 6) is -0.181. The number of nitrogens with one attached hydrogen (secondary N) is 1. The van der Waals surface area contributed by atoms with Gasteiger partial charge in [-0.2, -0.15) is 0 Å². The Bertz CT molecular complexity index is 584. The molecule has 0 aliphatic heterocycles. The van der Waals surface area contributed by atoms with Crippen molar-refractivity contribution in [2.75, 3.05) is 6.54 Å². The summed E-state index contributed by atoms with van der Waals surface area (Å²) < 4.78 is 13.6. The van der Waals surface area contributed by atoms with Crippen LogP contribution in [0.25, 0.3) is 0 Å². The topological polar surface area (TPSA) is 12.0 Å². The van der Waals surface area contributed by atoms with Crippen molar-refractivity contribution in [1.29, 1.82) is 0 Å². The van der Waals surface area contributed by atoms with Crippen molar-refractivity contribution in [2.24, 2.45) is 0 Å². The van der Waals surface area contributed by atoms with Gasteiger partial charge in [0, 0.05) is 0 Å². The summed E-state index contributed by atoms with van der Waals surface area (Å²) in [5, 5.41) is 3.50. The fourth-order valence-corrected chi connectivity index (χ4v) is 2.78. The average Bonchev–Trinajstić information content (AvgIpc) is 2.40. The Labute approximate surface area is 120 Å². The van der Waals surface area contributed by atoms with Crippen molar-refractivity contribution in [1.82, 2.24) is 5.32 Å². The summed E-state index contributed by atoms with van der Waals surface area (Å²) in [6.45, 7) is 9.18. The molecule has 0 heterocycles. The van der Waals surface area contributed by atoms with E-state index in [9.17, 15) is 4.39 Å². The van der Waals surface area contributed by atoms with E-state index >= 15 is 0 Å². The zero-order chi connectivity index (χ0) is 14.7. The van der Waals surface area contributed by atoms with E-state index in [0.717, 1.165) is 17.7 Å². The van der Waals surface area contributed by atoms with E-state index < -0.39 is 0 Å². The van der Waals surface area contributed by atoms with E-state index in [2.05, 4.69) is 44.3 Å². The lowest BCUT2D eigenvalue weighted by molar-refractivity contribution is 0.597. The third-order valence-electron chi connectivity index (χ3n) is 3.79. The van der Waals surface area contributed by atoms with Gasteiger partial charge in [-0.3, -0.25) is 0 Å². The Balaban J connectivity index is 2.59. The minimum atomic E-state index is -0.181. The maximum absolute atomic E-state index is 13.6. The highest BCUT2D eigenvalue weighted by atomic mass is 19.1. The summed E-state index contributed by atoms with van der Waals surface area (Å²) in [6, 6.07) is 11.3. The van der Waals surface area contributed by atoms with Gasteiger partial charge in [0.05, 0.1) is 6.04 Å². The monoisotopic (exact) mass is 271 g/mol. The molecule has 1 nitrogen and oxygen atoms in total. The van der Waals surface area contributed by atoms with Gasteiger partial charge >= 0.3 is 0 Å². The summed E-state index contributed by atoms with van der Waals surface area (Å²) in [4.78, 5) is 0. The number of hydrogen-bond acceptors (Lipinski definition) is 1. The first-order valence-electron chi connectivity index (χ1n) is 7.10. The fraction of sp³-hybridized carbons (Fsp3) is 0.333. The Hall–Kier alpha value is -1.67. The molecule has 0 spiro atoms. The van der Waals surface area contributed by atoms with Crippen LogP contribution in [-0.4, -0.2) is 6.54 Å². The minimum Gasteiger partial charge on any atom is -0.307 e. The van der Waals surface area contributed by atoms with Crippen LogP contribution in [0.2, 0.25) is 0 Å². The average molecular weight is 271 g/mol. The number of halogens is 1. The van der Waals surface area contributed by atoms with E-state index in [0.29, 0.717) is 0 Å². The highest BCUT2D eigenvalue weighted by Crippen LogP contribution is 2.30. The van der Waals surface area contributed by atoms with Crippen LogP contribution in [0.1, 0.15) is 40.8 Å². The summed E-state index contributed by atoms with van der Waals surface area (Å²) >= 11 is 0. The number of benzene rings is 2. The maximum Gasteiger partial charge on any atom is 0.123 e. The number of aryl methyl sites for hydroxylation is 3. The molecule has 1 atom stereocenters. The molecule has 0 bridgehead atoms. The SMILES string of the molecule is CCNC(c1cc(F)ccc1C)c1c(C)cccc1C. The number of rotatable bonds is 4. The first-order valence-corrected chi connectivity index (χ1v) is 7.10. The normalized spacial score (nSPS) is 12.4. The third kappa shape index (κ3) is 2.91. The van der Waals surface area contributed by atoms with Gasteiger partial charge in [0.25, 0.3) is 0 Å². The van der Waals surface area contributed by atoms with Crippen molar-refractivity contribution in [3.8, 4) is 0 Å². The van der Waals surface area contributed by atoms with Crippen LogP contribution >= 0.6 is 0 Å². The van der Waals surface area contributed by atoms with Crippen molar-refractivity contribution in [3.63, 3.8) is 0 Å². The van der Waals surface area contributed by atoms with Crippen LogP contribution in [0.3, 0.4) is 0 Å². The van der Waals surface area contributed by atoms with Gasteiger partial charge in [-0.05, 0) is 67.3 Å². The van der Waals surface area contributed by atoms with Crippen LogP contribution in [0, 0.1) is 26.6 Å². The van der Waals surface area contributed by atoms with E-state index in [4.69, 9.17) is 0 Å². The summed E-state index contributed by atoms with van der Waals surface area (Å²) in [7, 11) is 0. The third-order valence-corrected chi connectivity index (χ3v) is 3.79. The van der Waals surface area contributed by atoms with Gasteiger partial charge < -0.3 is 5.32 Å². The largest absolute Gasteiger partial charge is 0.307 e. The lowest BCUT2D eigenvalue weighted by Gasteiger charge is -2.24. The van der Waals surface area contributed by atoms with Gasteiger partial charge in [0.2, 0.25) is 0 Å². The molecule has 2 aromatic carbocycles. The molecule has 0 aliphatic rings. The minimum absolute atomic E-state index is 0.0388. The highest BCUT2D eigenvalue weighted by molar-refractivity contribution is 5.44. The zero-order valence-corrected chi connectivity index (χ0v) is 12.6. The van der Waals surface area contributed by atoms with Crippen molar-refractivity contribution in [3.05, 3.63) is 70.0 Å². The predicted molar refractivity (Wildman–Crippen MR) is 82.6 cm³/mol. The number of hydrogen-bond donors (Lipinski definition) is 1. The maximum atomic E-state index is 13.6. The molecular weight excluding hydrogens is 249 g/mol. The smallest absolute Gasteiger partial charge is 0.123 e. The second kappa shape index (κ2) is 6.19. The molecule has 0 radical (unpaired) electrons. The van der Waals surface area contributed by atoms with E-state index in [-0.39, 0.29) is 11.9 Å². The lowest BCUT2D eigenvalue weighted by Crippen LogP contribution is -2.24. The lowest BCUT2D eigenvalue weighted by atomic mass is 9.89. The molecule has 0 saturated carbocycles. The molecular formula is C18H22FN. The van der Waals surface area contributed by atoms with Crippen LogP contribution < -0.4 is 5.32 Å². The van der Waals surface area contributed by atoms with Crippen LogP contribution in [0.5, 0.6) is 0 Å². The van der Waals surface area contributed by atoms with Gasteiger partial charge in [-0.15, -0.1) is 0 Å². The molecule has 2 rings (SSSR count). The van der Waals surface area contributed by atoms with Gasteiger partial charge in [-0.25, -0.2) is 4.39 Å². The quantitative estimate of drug-likeness (QED) is 0.866. The van der Waals surface area contributed by atoms with E-state index in [1.807, 2.05) is 13.0 Å².